The smallest absolute Gasteiger partial charge is 0.322 e. The SMILES string of the molecule is Cc1cc2c(C(C)C)c(O)c(O)c(C=NC(C)C(=O)NCC(=O)O)c2c(O)c1-c1c(C)cc2c(C(C)C)c(O)c(O)c(C=NC(C)C(=O)NCC(=O)O)c2c1O. The number of hydrogen-bond acceptors (Lipinski definition) is 12. The Morgan fingerprint density at radius 3 is 1.18 bits per heavy atom. The molecule has 298 valence electrons. The van der Waals surface area contributed by atoms with Crippen LogP contribution in [0, 0.1) is 13.8 Å². The van der Waals surface area contributed by atoms with E-state index in [1.54, 1.807) is 53.7 Å². The highest BCUT2D eigenvalue weighted by atomic mass is 16.4. The number of aliphatic imine (C=N–C) groups is 2. The van der Waals surface area contributed by atoms with Crippen LogP contribution in [0.1, 0.15) is 86.8 Å². The lowest BCUT2D eigenvalue weighted by Gasteiger charge is -2.23. The molecule has 56 heavy (non-hydrogen) atoms. The lowest BCUT2D eigenvalue weighted by Crippen LogP contribution is -2.35. The fourth-order valence-corrected chi connectivity index (χ4v) is 6.75. The van der Waals surface area contributed by atoms with Crippen LogP contribution < -0.4 is 10.6 Å². The maximum atomic E-state index is 12.5. The zero-order chi connectivity index (χ0) is 42.1. The summed E-state index contributed by atoms with van der Waals surface area (Å²) in [5.41, 5.74) is 1.21. The number of carbonyl (C=O) groups excluding carboxylic acids is 2. The third kappa shape index (κ3) is 7.94. The maximum absolute atomic E-state index is 12.5. The van der Waals surface area contributed by atoms with Gasteiger partial charge in [-0.1, -0.05) is 39.8 Å². The van der Waals surface area contributed by atoms with Gasteiger partial charge in [0.2, 0.25) is 11.8 Å². The van der Waals surface area contributed by atoms with Gasteiger partial charge in [-0.15, -0.1) is 0 Å². The number of aryl methyl sites for hydroxylation is 2. The van der Waals surface area contributed by atoms with Gasteiger partial charge in [-0.2, -0.15) is 0 Å². The largest absolute Gasteiger partial charge is 0.507 e. The van der Waals surface area contributed by atoms with Crippen molar-refractivity contribution in [3.8, 4) is 45.6 Å². The van der Waals surface area contributed by atoms with Gasteiger partial charge in [0.05, 0.1) is 0 Å². The van der Waals surface area contributed by atoms with Crippen molar-refractivity contribution < 1.29 is 60.0 Å². The number of nitrogens with zero attached hydrogens (tertiary/aromatic N) is 2. The van der Waals surface area contributed by atoms with E-state index in [1.165, 1.54) is 13.8 Å². The van der Waals surface area contributed by atoms with Crippen molar-refractivity contribution in [3.05, 3.63) is 45.5 Å². The van der Waals surface area contributed by atoms with Gasteiger partial charge in [-0.3, -0.25) is 29.2 Å². The normalized spacial score (nSPS) is 13.0. The monoisotopic (exact) mass is 774 g/mol. The highest BCUT2D eigenvalue weighted by molar-refractivity contribution is 6.15. The first kappa shape index (κ1) is 42.2. The number of amides is 2. The Hall–Kier alpha value is -6.58. The minimum absolute atomic E-state index is 0.00444. The number of phenolic OH excluding ortho intramolecular Hbond substituents is 6. The van der Waals surface area contributed by atoms with Crippen LogP contribution in [0.25, 0.3) is 32.7 Å². The molecule has 2 atom stereocenters. The van der Waals surface area contributed by atoms with Crippen molar-refractivity contribution >= 4 is 57.7 Å². The summed E-state index contributed by atoms with van der Waals surface area (Å²) >= 11 is 0. The molecule has 2 amide bonds. The van der Waals surface area contributed by atoms with E-state index in [9.17, 15) is 49.8 Å². The van der Waals surface area contributed by atoms with E-state index >= 15 is 0 Å². The van der Waals surface area contributed by atoms with Gasteiger partial charge >= 0.3 is 11.9 Å². The molecule has 4 aromatic carbocycles. The van der Waals surface area contributed by atoms with Crippen molar-refractivity contribution in [1.29, 1.82) is 0 Å². The Kier molecular flexibility index (Phi) is 12.4. The molecule has 0 heterocycles. The predicted molar refractivity (Wildman–Crippen MR) is 210 cm³/mol. The highest BCUT2D eigenvalue weighted by Gasteiger charge is 2.30. The summed E-state index contributed by atoms with van der Waals surface area (Å²) < 4.78 is 0. The molecule has 16 heteroatoms. The highest BCUT2D eigenvalue weighted by Crippen LogP contribution is 2.54. The predicted octanol–water partition coefficient (Wildman–Crippen LogP) is 4.77. The number of carboxylic acid groups (broad SMARTS) is 2. The fraction of sp³-hybridized carbons (Fsp3) is 0.350. The Morgan fingerprint density at radius 1 is 0.571 bits per heavy atom. The molecule has 2 unspecified atom stereocenters. The Bertz CT molecular complexity index is 2180. The molecule has 0 fully saturated rings. The van der Waals surface area contributed by atoms with Crippen LogP contribution in [0.2, 0.25) is 0 Å². The zero-order valence-electron chi connectivity index (χ0n) is 32.1. The summed E-state index contributed by atoms with van der Waals surface area (Å²) in [5.74, 6) is -7.97. The number of aliphatic carboxylic acids is 2. The quantitative estimate of drug-likeness (QED) is 0.0650. The summed E-state index contributed by atoms with van der Waals surface area (Å²) in [4.78, 5) is 55.3. The third-order valence-corrected chi connectivity index (χ3v) is 9.43. The number of fused-ring (bicyclic) bond motifs is 2. The number of rotatable bonds is 13. The van der Waals surface area contributed by atoms with Crippen LogP contribution >= 0.6 is 0 Å². The van der Waals surface area contributed by atoms with E-state index in [0.29, 0.717) is 21.9 Å². The number of nitrogens with one attached hydrogen (secondary N) is 2. The molecule has 0 spiro atoms. The Balaban J connectivity index is 2.11. The second-order valence-electron chi connectivity index (χ2n) is 14.2. The molecule has 0 aliphatic rings. The molecular weight excluding hydrogens is 728 g/mol. The molecule has 0 radical (unpaired) electrons. The van der Waals surface area contributed by atoms with Crippen LogP contribution in [-0.2, 0) is 19.2 Å². The van der Waals surface area contributed by atoms with E-state index in [0.717, 1.165) is 12.4 Å². The van der Waals surface area contributed by atoms with Gasteiger partial charge in [0.1, 0.15) is 36.7 Å². The molecule has 10 N–H and O–H groups in total. The topological polar surface area (TPSA) is 279 Å². The lowest BCUT2D eigenvalue weighted by molar-refractivity contribution is -0.138. The van der Waals surface area contributed by atoms with Crippen molar-refractivity contribution in [3.63, 3.8) is 0 Å². The molecule has 0 saturated carbocycles. The molecule has 4 aromatic rings. The standard InChI is InChI=1S/C40H46N4O12/c1-15(2)27-21-9-17(5)29(35(51)31(21)23(33(49)37(27)53)11-41-19(7)39(55)43-13-25(45)46)30-18(6)10-22-28(16(3)4)38(54)34(50)24(32(22)36(30)52)12-42-20(8)40(56)44-14-26(47)48/h9-12,15-16,19-20,49-54H,13-14H2,1-8H3,(H,43,55)(H,44,56)(H,45,46)(H,47,48). The third-order valence-electron chi connectivity index (χ3n) is 9.43. The van der Waals surface area contributed by atoms with Gasteiger partial charge < -0.3 is 51.5 Å². The van der Waals surface area contributed by atoms with Gasteiger partial charge in [0, 0.05) is 56.6 Å². The zero-order valence-corrected chi connectivity index (χ0v) is 32.1. The van der Waals surface area contributed by atoms with E-state index in [2.05, 4.69) is 20.6 Å². The van der Waals surface area contributed by atoms with Gasteiger partial charge in [-0.05, 0) is 61.4 Å². The van der Waals surface area contributed by atoms with Crippen LogP contribution in [0.15, 0.2) is 22.1 Å². The van der Waals surface area contributed by atoms with Crippen molar-refractivity contribution in [2.45, 2.75) is 79.3 Å². The fourth-order valence-electron chi connectivity index (χ4n) is 6.75. The summed E-state index contributed by atoms with van der Waals surface area (Å²) in [7, 11) is 0. The number of aromatic hydroxyl groups is 6. The summed E-state index contributed by atoms with van der Waals surface area (Å²) in [5, 5.41) is 92.5. The maximum Gasteiger partial charge on any atom is 0.322 e. The second kappa shape index (κ2) is 16.4. The molecule has 0 bridgehead atoms. The summed E-state index contributed by atoms with van der Waals surface area (Å²) in [6.07, 6.45) is 2.16. The molecule has 0 saturated heterocycles. The van der Waals surface area contributed by atoms with Crippen molar-refractivity contribution in [2.75, 3.05) is 13.1 Å². The minimum atomic E-state index is -1.27. The molecule has 16 nitrogen and oxygen atoms in total. The summed E-state index contributed by atoms with van der Waals surface area (Å²) in [6.45, 7) is 11.8. The molecule has 0 aromatic heterocycles. The van der Waals surface area contributed by atoms with E-state index < -0.39 is 83.4 Å². The van der Waals surface area contributed by atoms with E-state index in [4.69, 9.17) is 10.2 Å². The molecule has 0 aliphatic heterocycles. The van der Waals surface area contributed by atoms with Crippen LogP contribution in [0.4, 0.5) is 0 Å². The molecule has 0 aliphatic carbocycles. The van der Waals surface area contributed by atoms with Gasteiger partial charge in [0.15, 0.2) is 23.0 Å². The minimum Gasteiger partial charge on any atom is -0.507 e. The number of phenols is 6. The van der Waals surface area contributed by atoms with E-state index in [1.807, 2.05) is 0 Å². The van der Waals surface area contributed by atoms with Crippen LogP contribution in [0.3, 0.4) is 0 Å². The average molecular weight is 775 g/mol. The number of hydrogen-bond donors (Lipinski definition) is 10. The van der Waals surface area contributed by atoms with Crippen molar-refractivity contribution in [1.82, 2.24) is 10.6 Å². The van der Waals surface area contributed by atoms with Gasteiger partial charge in [0.25, 0.3) is 0 Å². The first-order valence-electron chi connectivity index (χ1n) is 17.7. The number of benzene rings is 4. The van der Waals surface area contributed by atoms with Crippen LogP contribution in [0.5, 0.6) is 34.5 Å². The first-order valence-corrected chi connectivity index (χ1v) is 17.7. The van der Waals surface area contributed by atoms with Crippen LogP contribution in [-0.4, -0.2) is 102 Å². The molecular formula is C40H46N4O12. The number of carboxylic acids is 2. The summed E-state index contributed by atoms with van der Waals surface area (Å²) in [6, 6.07) is 0.992. The van der Waals surface area contributed by atoms with Crippen molar-refractivity contribution in [2.24, 2.45) is 9.98 Å². The number of carbonyl (C=O) groups is 4. The Labute approximate surface area is 321 Å². The second-order valence-corrected chi connectivity index (χ2v) is 14.2. The first-order chi connectivity index (χ1) is 26.1. The Morgan fingerprint density at radius 2 is 0.893 bits per heavy atom. The van der Waals surface area contributed by atoms with Gasteiger partial charge in [-0.25, -0.2) is 0 Å². The van der Waals surface area contributed by atoms with E-state index in [-0.39, 0.29) is 56.0 Å². The average Bonchev–Trinajstić information content (AvgIpc) is 3.10. The lowest BCUT2D eigenvalue weighted by atomic mass is 9.83. The molecule has 4 rings (SSSR count).